The molecule has 0 radical (unpaired) electrons. The van der Waals surface area contributed by atoms with Gasteiger partial charge in [-0.2, -0.15) is 0 Å². The van der Waals surface area contributed by atoms with Gasteiger partial charge >= 0.3 is 112 Å². The Balaban J connectivity index is 2.46. The van der Waals surface area contributed by atoms with Gasteiger partial charge in [-0.25, -0.2) is 0 Å². The molecule has 0 saturated heterocycles. The van der Waals surface area contributed by atoms with E-state index < -0.39 is 5.97 Å². The molecule has 8 heteroatoms. The second-order valence-electron chi connectivity index (χ2n) is 2.62. The average Bonchev–Trinajstić information content (AvgIpc) is 2.50. The van der Waals surface area contributed by atoms with E-state index in [1.807, 2.05) is 6.92 Å². The predicted octanol–water partition coefficient (Wildman–Crippen LogP) is -0.799. The SMILES string of the molecule is CC(Sc1n[nH]c(=S)s1)[I-]C(C)C(=O)O. The summed E-state index contributed by atoms with van der Waals surface area (Å²) in [4.78, 5) is 10.7. The maximum atomic E-state index is 10.7. The molecule has 0 aliphatic rings. The number of hydrogen-bond donors (Lipinski definition) is 2. The Morgan fingerprint density at radius 1 is 1.73 bits per heavy atom. The number of thioether (sulfide) groups is 1. The molecular formula is C7H10IN2O2S3-. The number of hydrogen-bond acceptors (Lipinski definition) is 5. The van der Waals surface area contributed by atoms with E-state index in [1.54, 1.807) is 18.7 Å². The first kappa shape index (κ1) is 13.4. The van der Waals surface area contributed by atoms with Gasteiger partial charge in [-0.15, -0.1) is 0 Å². The number of aliphatic carboxylic acids is 1. The van der Waals surface area contributed by atoms with Crippen LogP contribution in [-0.2, 0) is 4.79 Å². The number of H-pyrrole nitrogens is 1. The van der Waals surface area contributed by atoms with Crippen LogP contribution >= 0.6 is 35.3 Å². The minimum atomic E-state index is -0.704. The first-order chi connectivity index (χ1) is 6.99. The van der Waals surface area contributed by atoms with E-state index >= 15 is 0 Å². The molecule has 1 heterocycles. The van der Waals surface area contributed by atoms with E-state index in [0.717, 1.165) is 4.34 Å². The normalized spacial score (nSPS) is 15.1. The molecule has 2 atom stereocenters. The zero-order valence-electron chi connectivity index (χ0n) is 8.06. The van der Waals surface area contributed by atoms with Crippen molar-refractivity contribution >= 4 is 41.3 Å². The fourth-order valence-electron chi connectivity index (χ4n) is 0.751. The summed E-state index contributed by atoms with van der Waals surface area (Å²) in [6, 6.07) is 0. The second-order valence-corrected chi connectivity index (χ2v) is 11.2. The van der Waals surface area contributed by atoms with Gasteiger partial charge in [0.1, 0.15) is 0 Å². The number of aromatic nitrogens is 2. The fraction of sp³-hybridized carbons (Fsp3) is 0.571. The zero-order valence-corrected chi connectivity index (χ0v) is 12.7. The topological polar surface area (TPSA) is 66.0 Å². The minimum absolute atomic E-state index is 0.210. The van der Waals surface area contributed by atoms with E-state index in [9.17, 15) is 4.79 Å². The molecule has 0 amide bonds. The monoisotopic (exact) mass is 377 g/mol. The van der Waals surface area contributed by atoms with Crippen LogP contribution in [0.15, 0.2) is 4.34 Å². The third-order valence-corrected chi connectivity index (χ3v) is 7.51. The van der Waals surface area contributed by atoms with Crippen LogP contribution in [0.2, 0.25) is 0 Å². The summed E-state index contributed by atoms with van der Waals surface area (Å²) >= 11 is 7.58. The molecule has 1 aromatic heterocycles. The van der Waals surface area contributed by atoms with Gasteiger partial charge < -0.3 is 0 Å². The molecule has 0 fully saturated rings. The van der Waals surface area contributed by atoms with Gasteiger partial charge in [0, 0.05) is 0 Å². The van der Waals surface area contributed by atoms with Crippen LogP contribution in [-0.4, -0.2) is 28.5 Å². The third-order valence-electron chi connectivity index (χ3n) is 1.39. The van der Waals surface area contributed by atoms with Crippen molar-refractivity contribution in [2.24, 2.45) is 0 Å². The molecule has 0 aliphatic carbocycles. The molecule has 0 aliphatic heterocycles. The number of carboxylic acids is 1. The Hall–Kier alpha value is 0.330. The number of alkyl halides is 2. The van der Waals surface area contributed by atoms with Gasteiger partial charge in [-0.3, -0.25) is 0 Å². The van der Waals surface area contributed by atoms with E-state index in [2.05, 4.69) is 10.2 Å². The van der Waals surface area contributed by atoms with Crippen LogP contribution in [0, 0.1) is 3.95 Å². The van der Waals surface area contributed by atoms with Crippen molar-refractivity contribution in [1.82, 2.24) is 10.2 Å². The van der Waals surface area contributed by atoms with Crippen molar-refractivity contribution in [3.63, 3.8) is 0 Å². The van der Waals surface area contributed by atoms with E-state index in [-0.39, 0.29) is 25.1 Å². The summed E-state index contributed by atoms with van der Waals surface area (Å²) < 4.78 is 1.68. The molecule has 86 valence electrons. The predicted molar refractivity (Wildman–Crippen MR) is 59.7 cm³/mol. The Morgan fingerprint density at radius 2 is 2.40 bits per heavy atom. The van der Waals surface area contributed by atoms with Gasteiger partial charge in [-0.1, -0.05) is 0 Å². The van der Waals surface area contributed by atoms with Crippen LogP contribution in [0.25, 0.3) is 0 Å². The van der Waals surface area contributed by atoms with E-state index in [0.29, 0.717) is 7.21 Å². The summed E-state index contributed by atoms with van der Waals surface area (Å²) in [5.74, 6) is -0.704. The maximum absolute atomic E-state index is 10.7. The first-order valence-electron chi connectivity index (χ1n) is 4.06. The van der Waals surface area contributed by atoms with Crippen molar-refractivity contribution in [2.45, 2.75) is 25.4 Å². The molecule has 0 aromatic carbocycles. The zero-order chi connectivity index (χ0) is 11.4. The molecule has 0 saturated carbocycles. The molecule has 1 aromatic rings. The number of nitrogens with zero attached hydrogens (tertiary/aromatic N) is 1. The van der Waals surface area contributed by atoms with Gasteiger partial charge in [0.15, 0.2) is 0 Å². The molecule has 0 spiro atoms. The van der Waals surface area contributed by atoms with Crippen molar-refractivity contribution in [1.29, 1.82) is 0 Å². The molecule has 2 N–H and O–H groups in total. The van der Waals surface area contributed by atoms with Gasteiger partial charge in [0.05, 0.1) is 0 Å². The molecule has 0 bridgehead atoms. The molecule has 2 unspecified atom stereocenters. The summed E-state index contributed by atoms with van der Waals surface area (Å²) in [7, 11) is 0. The summed E-state index contributed by atoms with van der Waals surface area (Å²) in [6.45, 7) is 3.81. The Bertz CT molecular complexity index is 392. The van der Waals surface area contributed by atoms with Gasteiger partial charge in [0.25, 0.3) is 0 Å². The molecule has 1 rings (SSSR count). The number of rotatable bonds is 5. The number of carboxylic acid groups (broad SMARTS) is 1. The summed E-state index contributed by atoms with van der Waals surface area (Å²) in [6.07, 6.45) is 0. The van der Waals surface area contributed by atoms with Crippen LogP contribution in [0.5, 0.6) is 0 Å². The second kappa shape index (κ2) is 6.16. The average molecular weight is 377 g/mol. The standard InChI is InChI=1S/C7H10IN2O2S3/c1-3(5(11)12)8-4(2)14-7-10-9-6(13)15-7/h3-4H,1-2H3,(H,9,13)(H,11,12)/q-1. The van der Waals surface area contributed by atoms with Crippen molar-refractivity contribution in [3.05, 3.63) is 3.95 Å². The van der Waals surface area contributed by atoms with Crippen LogP contribution in [0.1, 0.15) is 13.8 Å². The number of nitrogens with one attached hydrogen (secondary N) is 1. The van der Waals surface area contributed by atoms with Crippen molar-refractivity contribution in [2.75, 3.05) is 0 Å². The quantitative estimate of drug-likeness (QED) is 0.305. The number of halogens is 1. The molecule has 4 nitrogen and oxygen atoms in total. The fourth-order valence-corrected chi connectivity index (χ4v) is 7.38. The van der Waals surface area contributed by atoms with Crippen LogP contribution in [0.4, 0.5) is 0 Å². The third kappa shape index (κ3) is 4.79. The Kier molecular flexibility index (Phi) is 5.50. The van der Waals surface area contributed by atoms with Crippen LogP contribution in [0.3, 0.4) is 0 Å². The van der Waals surface area contributed by atoms with Crippen molar-refractivity contribution in [3.8, 4) is 0 Å². The van der Waals surface area contributed by atoms with E-state index in [4.69, 9.17) is 17.3 Å². The molecular weight excluding hydrogens is 367 g/mol. The summed E-state index contributed by atoms with van der Waals surface area (Å²) in [5, 5.41) is 15.5. The Labute approximate surface area is 111 Å². The number of carbonyl (C=O) groups is 1. The van der Waals surface area contributed by atoms with Gasteiger partial charge in [-0.05, 0) is 0 Å². The van der Waals surface area contributed by atoms with Gasteiger partial charge in [0.2, 0.25) is 0 Å². The molecule has 15 heavy (non-hydrogen) atoms. The van der Waals surface area contributed by atoms with Crippen LogP contribution < -0.4 is 21.2 Å². The van der Waals surface area contributed by atoms with E-state index in [1.165, 1.54) is 11.3 Å². The first-order valence-corrected chi connectivity index (χ1v) is 8.65. The Morgan fingerprint density at radius 3 is 2.87 bits per heavy atom. The summed E-state index contributed by atoms with van der Waals surface area (Å²) in [5.41, 5.74) is 0. The van der Waals surface area contributed by atoms with Crippen molar-refractivity contribution < 1.29 is 31.1 Å². The number of aromatic amines is 1.